The van der Waals surface area contributed by atoms with Gasteiger partial charge < -0.3 is 5.11 Å². The molecule has 0 radical (unpaired) electrons. The first-order valence-corrected chi connectivity index (χ1v) is 8.67. The van der Waals surface area contributed by atoms with Crippen LogP contribution in [0.25, 0.3) is 0 Å². The van der Waals surface area contributed by atoms with E-state index < -0.39 is 5.97 Å². The quantitative estimate of drug-likeness (QED) is 0.465. The standard InChI is InChI=1S/C20H24O2S/c1-14(12-18(21)22)8-11-23-15-6-7-16-17(13-15)20(4,5)10-9-19(16,2)3/h6-7,12-13H,9-10H2,1-5H3,(H,21,22). The Morgan fingerprint density at radius 3 is 2.39 bits per heavy atom. The van der Waals surface area contributed by atoms with Crippen LogP contribution in [-0.4, -0.2) is 11.1 Å². The third kappa shape index (κ3) is 4.20. The molecule has 0 spiro atoms. The van der Waals surface area contributed by atoms with Gasteiger partial charge in [0, 0.05) is 16.5 Å². The Kier molecular flexibility index (Phi) is 4.96. The number of hydrogen-bond donors (Lipinski definition) is 1. The number of hydrogen-bond acceptors (Lipinski definition) is 2. The van der Waals surface area contributed by atoms with Gasteiger partial charge in [0.05, 0.1) is 0 Å². The topological polar surface area (TPSA) is 37.3 Å². The van der Waals surface area contributed by atoms with Crippen LogP contribution in [0.15, 0.2) is 34.7 Å². The summed E-state index contributed by atoms with van der Waals surface area (Å²) in [6, 6.07) is 6.61. The number of aliphatic carboxylic acids is 1. The van der Waals surface area contributed by atoms with Crippen LogP contribution >= 0.6 is 11.8 Å². The van der Waals surface area contributed by atoms with E-state index in [1.54, 1.807) is 6.92 Å². The summed E-state index contributed by atoms with van der Waals surface area (Å²) in [6.45, 7) is 10.9. The van der Waals surface area contributed by atoms with Gasteiger partial charge in [0.1, 0.15) is 0 Å². The summed E-state index contributed by atoms with van der Waals surface area (Å²) >= 11 is 1.45. The molecule has 1 aliphatic carbocycles. The van der Waals surface area contributed by atoms with Crippen LogP contribution in [-0.2, 0) is 15.6 Å². The minimum absolute atomic E-state index is 0.188. The SMILES string of the molecule is CC(C#CSc1ccc2c(c1)C(C)(C)CCC2(C)C)=CC(=O)O. The molecule has 2 rings (SSSR count). The minimum atomic E-state index is -0.959. The van der Waals surface area contributed by atoms with Gasteiger partial charge in [0.2, 0.25) is 0 Å². The summed E-state index contributed by atoms with van der Waals surface area (Å²) in [6.07, 6.45) is 3.53. The van der Waals surface area contributed by atoms with Gasteiger partial charge in [-0.1, -0.05) is 39.7 Å². The van der Waals surface area contributed by atoms with E-state index in [0.29, 0.717) is 5.57 Å². The minimum Gasteiger partial charge on any atom is -0.478 e. The van der Waals surface area contributed by atoms with Crippen LogP contribution in [0.5, 0.6) is 0 Å². The number of thioether (sulfide) groups is 1. The third-order valence-electron chi connectivity index (χ3n) is 4.58. The van der Waals surface area contributed by atoms with Crippen molar-refractivity contribution in [2.45, 2.75) is 63.2 Å². The van der Waals surface area contributed by atoms with Gasteiger partial charge in [-0.2, -0.15) is 0 Å². The van der Waals surface area contributed by atoms with Gasteiger partial charge in [-0.3, -0.25) is 0 Å². The fourth-order valence-electron chi connectivity index (χ4n) is 3.02. The molecule has 0 heterocycles. The molecule has 122 valence electrons. The molecule has 0 bridgehead atoms. The highest BCUT2D eigenvalue weighted by molar-refractivity contribution is 8.04. The molecule has 0 aliphatic heterocycles. The van der Waals surface area contributed by atoms with Crippen molar-refractivity contribution in [1.82, 2.24) is 0 Å². The van der Waals surface area contributed by atoms with E-state index in [2.05, 4.69) is 57.1 Å². The first-order chi connectivity index (χ1) is 10.6. The van der Waals surface area contributed by atoms with E-state index in [4.69, 9.17) is 5.11 Å². The highest BCUT2D eigenvalue weighted by Crippen LogP contribution is 2.46. The molecule has 1 aliphatic rings. The number of carboxylic acids is 1. The second-order valence-electron chi connectivity index (χ2n) is 7.47. The van der Waals surface area contributed by atoms with Crippen molar-refractivity contribution >= 4 is 17.7 Å². The lowest BCUT2D eigenvalue weighted by Gasteiger charge is -2.42. The van der Waals surface area contributed by atoms with Gasteiger partial charge in [-0.05, 0) is 70.9 Å². The second kappa shape index (κ2) is 6.45. The maximum atomic E-state index is 10.6. The lowest BCUT2D eigenvalue weighted by molar-refractivity contribution is -0.131. The lowest BCUT2D eigenvalue weighted by atomic mass is 9.63. The van der Waals surface area contributed by atoms with Crippen LogP contribution in [0.2, 0.25) is 0 Å². The van der Waals surface area contributed by atoms with Crippen LogP contribution in [0.1, 0.15) is 58.6 Å². The van der Waals surface area contributed by atoms with Crippen molar-refractivity contribution in [3.8, 4) is 11.2 Å². The van der Waals surface area contributed by atoms with Crippen molar-refractivity contribution in [1.29, 1.82) is 0 Å². The molecule has 1 aromatic carbocycles. The van der Waals surface area contributed by atoms with Gasteiger partial charge in [-0.25, -0.2) is 4.79 Å². The number of rotatable bonds is 2. The monoisotopic (exact) mass is 328 g/mol. The van der Waals surface area contributed by atoms with Crippen LogP contribution in [0.3, 0.4) is 0 Å². The smallest absolute Gasteiger partial charge is 0.329 e. The number of allylic oxidation sites excluding steroid dienone is 1. The Balaban J connectivity index is 2.28. The largest absolute Gasteiger partial charge is 0.478 e. The second-order valence-corrected chi connectivity index (χ2v) is 8.35. The van der Waals surface area contributed by atoms with Crippen molar-refractivity contribution in [2.75, 3.05) is 0 Å². The average molecular weight is 328 g/mol. The third-order valence-corrected chi connectivity index (χ3v) is 5.28. The molecule has 0 saturated carbocycles. The van der Waals surface area contributed by atoms with E-state index in [1.165, 1.54) is 35.7 Å². The van der Waals surface area contributed by atoms with E-state index in [0.717, 1.165) is 11.0 Å². The molecular formula is C20H24O2S. The molecule has 1 N–H and O–H groups in total. The summed E-state index contributed by atoms with van der Waals surface area (Å²) in [5.74, 6) is 1.91. The fourth-order valence-corrected chi connectivity index (χ4v) is 3.66. The van der Waals surface area contributed by atoms with Crippen molar-refractivity contribution in [2.24, 2.45) is 0 Å². The summed E-state index contributed by atoms with van der Waals surface area (Å²) in [5.41, 5.74) is 3.82. The number of fused-ring (bicyclic) bond motifs is 1. The van der Waals surface area contributed by atoms with Gasteiger partial charge in [0.25, 0.3) is 0 Å². The highest BCUT2D eigenvalue weighted by Gasteiger charge is 2.36. The lowest BCUT2D eigenvalue weighted by Crippen LogP contribution is -2.33. The van der Waals surface area contributed by atoms with E-state index in [-0.39, 0.29) is 10.8 Å². The predicted octanol–water partition coefficient (Wildman–Crippen LogP) is 5.12. The Morgan fingerprint density at radius 1 is 1.17 bits per heavy atom. The molecule has 23 heavy (non-hydrogen) atoms. The fraction of sp³-hybridized carbons (Fsp3) is 0.450. The summed E-state index contributed by atoms with van der Waals surface area (Å²) < 4.78 is 0. The maximum Gasteiger partial charge on any atom is 0.329 e. The van der Waals surface area contributed by atoms with E-state index in [1.807, 2.05) is 0 Å². The van der Waals surface area contributed by atoms with Crippen LogP contribution in [0, 0.1) is 11.2 Å². The van der Waals surface area contributed by atoms with Crippen molar-refractivity contribution in [3.05, 3.63) is 41.0 Å². The number of carboxylic acid groups (broad SMARTS) is 1. The molecule has 0 aromatic heterocycles. The number of carbonyl (C=O) groups is 1. The molecule has 0 amide bonds. The molecule has 0 atom stereocenters. The summed E-state index contributed by atoms with van der Waals surface area (Å²) in [5, 5.41) is 11.7. The Labute approximate surface area is 143 Å². The molecule has 1 aromatic rings. The molecule has 0 unspecified atom stereocenters. The Hall–Kier alpha value is -1.66. The summed E-state index contributed by atoms with van der Waals surface area (Å²) in [4.78, 5) is 11.7. The highest BCUT2D eigenvalue weighted by atomic mass is 32.2. The molecule has 0 saturated heterocycles. The van der Waals surface area contributed by atoms with Gasteiger partial charge in [-0.15, -0.1) is 0 Å². The molecule has 3 heteroatoms. The average Bonchev–Trinajstić information content (AvgIpc) is 2.43. The zero-order valence-electron chi connectivity index (χ0n) is 14.5. The normalized spacial score (nSPS) is 18.6. The van der Waals surface area contributed by atoms with Gasteiger partial charge >= 0.3 is 5.97 Å². The van der Waals surface area contributed by atoms with E-state index >= 15 is 0 Å². The Morgan fingerprint density at radius 2 is 1.78 bits per heavy atom. The van der Waals surface area contributed by atoms with Crippen LogP contribution < -0.4 is 0 Å². The summed E-state index contributed by atoms with van der Waals surface area (Å²) in [7, 11) is 0. The first kappa shape index (κ1) is 17.7. The van der Waals surface area contributed by atoms with Crippen molar-refractivity contribution in [3.63, 3.8) is 0 Å². The number of benzene rings is 1. The first-order valence-electron chi connectivity index (χ1n) is 7.86. The van der Waals surface area contributed by atoms with E-state index in [9.17, 15) is 4.79 Å². The predicted molar refractivity (Wildman–Crippen MR) is 96.8 cm³/mol. The zero-order valence-corrected chi connectivity index (χ0v) is 15.3. The molecule has 2 nitrogen and oxygen atoms in total. The van der Waals surface area contributed by atoms with Gasteiger partial charge in [0.15, 0.2) is 0 Å². The van der Waals surface area contributed by atoms with Crippen molar-refractivity contribution < 1.29 is 9.90 Å². The van der Waals surface area contributed by atoms with Crippen LogP contribution in [0.4, 0.5) is 0 Å². The molecular weight excluding hydrogens is 304 g/mol. The Bertz CT molecular complexity index is 715. The maximum absolute atomic E-state index is 10.6. The molecule has 0 fully saturated rings. The zero-order chi connectivity index (χ0) is 17.3.